The van der Waals surface area contributed by atoms with E-state index in [2.05, 4.69) is 28.9 Å². The minimum absolute atomic E-state index is 0.0193. The van der Waals surface area contributed by atoms with Crippen LogP contribution in [0.15, 0.2) is 19.0 Å². The number of hydrogen-bond donors (Lipinski definition) is 1. The Morgan fingerprint density at radius 3 is 2.94 bits per heavy atom. The molecule has 1 N–H and O–H groups in total. The summed E-state index contributed by atoms with van der Waals surface area (Å²) in [6.07, 6.45) is 4.38. The number of nitrogens with zero attached hydrogens (tertiary/aromatic N) is 3. The smallest absolute Gasteiger partial charge is 0.138 e. The van der Waals surface area contributed by atoms with Crippen LogP contribution in [-0.4, -0.2) is 41.6 Å². The number of methoxy groups -OCH3 is 1. The van der Waals surface area contributed by atoms with Gasteiger partial charge in [-0.2, -0.15) is 5.10 Å². The molecule has 5 nitrogen and oxygen atoms in total. The van der Waals surface area contributed by atoms with E-state index >= 15 is 0 Å². The molecule has 0 spiro atoms. The molecule has 96 valence electrons. The third-order valence-electron chi connectivity index (χ3n) is 2.87. The first-order chi connectivity index (χ1) is 8.11. The lowest BCUT2D eigenvalue weighted by atomic mass is 9.86. The molecule has 0 aliphatic rings. The van der Waals surface area contributed by atoms with Gasteiger partial charge in [0.05, 0.1) is 6.61 Å². The molecule has 17 heavy (non-hydrogen) atoms. The van der Waals surface area contributed by atoms with Gasteiger partial charge in [0.25, 0.3) is 0 Å². The normalized spacial score (nSPS) is 14.5. The number of aromatic nitrogens is 3. The van der Waals surface area contributed by atoms with Crippen LogP contribution in [0.5, 0.6) is 0 Å². The molecule has 1 unspecified atom stereocenters. The van der Waals surface area contributed by atoms with Crippen molar-refractivity contribution in [2.24, 2.45) is 12.5 Å². The minimum atomic E-state index is -0.0193. The molecule has 0 saturated heterocycles. The van der Waals surface area contributed by atoms with Gasteiger partial charge in [-0.05, 0) is 0 Å². The van der Waals surface area contributed by atoms with Crippen LogP contribution in [0.1, 0.15) is 12.7 Å². The molecule has 0 aromatic carbocycles. The van der Waals surface area contributed by atoms with Crippen LogP contribution in [-0.2, 0) is 18.2 Å². The van der Waals surface area contributed by atoms with Gasteiger partial charge in [-0.3, -0.25) is 4.68 Å². The number of rotatable bonds is 8. The third-order valence-corrected chi connectivity index (χ3v) is 2.87. The van der Waals surface area contributed by atoms with E-state index in [0.717, 1.165) is 31.9 Å². The van der Waals surface area contributed by atoms with Gasteiger partial charge in [0.2, 0.25) is 0 Å². The number of ether oxygens (including phenoxy) is 1. The first-order valence-corrected chi connectivity index (χ1v) is 5.77. The van der Waals surface area contributed by atoms with Crippen LogP contribution < -0.4 is 5.32 Å². The molecule has 0 bridgehead atoms. The summed E-state index contributed by atoms with van der Waals surface area (Å²) in [5.41, 5.74) is -0.0193. The molecular formula is C12H22N4O. The minimum Gasteiger partial charge on any atom is -0.383 e. The van der Waals surface area contributed by atoms with Crippen molar-refractivity contribution in [3.63, 3.8) is 0 Å². The van der Waals surface area contributed by atoms with Crippen molar-refractivity contribution >= 4 is 0 Å². The first-order valence-electron chi connectivity index (χ1n) is 5.77. The molecule has 1 aromatic heterocycles. The van der Waals surface area contributed by atoms with Crippen LogP contribution >= 0.6 is 0 Å². The van der Waals surface area contributed by atoms with Crippen molar-refractivity contribution < 1.29 is 4.74 Å². The van der Waals surface area contributed by atoms with Gasteiger partial charge in [0, 0.05) is 39.1 Å². The van der Waals surface area contributed by atoms with Gasteiger partial charge in [0.1, 0.15) is 12.2 Å². The zero-order chi connectivity index (χ0) is 12.7. The lowest BCUT2D eigenvalue weighted by Gasteiger charge is -2.25. The second-order valence-corrected chi connectivity index (χ2v) is 4.50. The fourth-order valence-electron chi connectivity index (χ4n) is 1.60. The summed E-state index contributed by atoms with van der Waals surface area (Å²) in [5.74, 6) is 0.973. The second kappa shape index (κ2) is 6.51. The number of hydrogen-bond acceptors (Lipinski definition) is 4. The molecule has 1 rings (SSSR count). The maximum absolute atomic E-state index is 5.00. The number of nitrogens with one attached hydrogen (secondary N) is 1. The Morgan fingerprint density at radius 2 is 2.41 bits per heavy atom. The zero-order valence-electron chi connectivity index (χ0n) is 10.9. The van der Waals surface area contributed by atoms with Crippen LogP contribution in [0.3, 0.4) is 0 Å². The first kappa shape index (κ1) is 13.9. The standard InChI is InChI=1S/C12H22N4O/c1-5-12(2,9-13-6-7-17-4)8-11-14-10-15-16(11)3/h5,10,13H,1,6-9H2,2-4H3. The van der Waals surface area contributed by atoms with Crippen LogP contribution in [0.25, 0.3) is 0 Å². The van der Waals surface area contributed by atoms with Crippen molar-refractivity contribution in [3.8, 4) is 0 Å². The van der Waals surface area contributed by atoms with E-state index in [4.69, 9.17) is 4.74 Å². The predicted molar refractivity (Wildman–Crippen MR) is 67.8 cm³/mol. The van der Waals surface area contributed by atoms with Gasteiger partial charge in [-0.1, -0.05) is 13.0 Å². The van der Waals surface area contributed by atoms with Gasteiger partial charge >= 0.3 is 0 Å². The predicted octanol–water partition coefficient (Wildman–Crippen LogP) is 0.786. The molecular weight excluding hydrogens is 216 g/mol. The summed E-state index contributed by atoms with van der Waals surface area (Å²) in [7, 11) is 3.61. The van der Waals surface area contributed by atoms with Crippen molar-refractivity contribution in [1.29, 1.82) is 0 Å². The Hall–Kier alpha value is -1.20. The van der Waals surface area contributed by atoms with Gasteiger partial charge in [-0.25, -0.2) is 4.98 Å². The quantitative estimate of drug-likeness (QED) is 0.537. The Labute approximate surface area is 103 Å². The topological polar surface area (TPSA) is 52.0 Å². The van der Waals surface area contributed by atoms with Gasteiger partial charge in [-0.15, -0.1) is 6.58 Å². The van der Waals surface area contributed by atoms with Gasteiger partial charge in [0.15, 0.2) is 0 Å². The second-order valence-electron chi connectivity index (χ2n) is 4.50. The van der Waals surface area contributed by atoms with E-state index in [-0.39, 0.29) is 5.41 Å². The highest BCUT2D eigenvalue weighted by Crippen LogP contribution is 2.21. The molecule has 1 heterocycles. The molecule has 0 saturated carbocycles. The van der Waals surface area contributed by atoms with E-state index in [1.807, 2.05) is 13.1 Å². The summed E-state index contributed by atoms with van der Waals surface area (Å²) in [5, 5.41) is 7.43. The van der Waals surface area contributed by atoms with Crippen molar-refractivity contribution in [1.82, 2.24) is 20.1 Å². The highest BCUT2D eigenvalue weighted by molar-refractivity contribution is 5.01. The highest BCUT2D eigenvalue weighted by Gasteiger charge is 2.22. The largest absolute Gasteiger partial charge is 0.383 e. The van der Waals surface area contributed by atoms with E-state index in [9.17, 15) is 0 Å². The van der Waals surface area contributed by atoms with Crippen LogP contribution in [0.2, 0.25) is 0 Å². The molecule has 1 aromatic rings. The van der Waals surface area contributed by atoms with E-state index < -0.39 is 0 Å². The summed E-state index contributed by atoms with van der Waals surface area (Å²) >= 11 is 0. The summed E-state index contributed by atoms with van der Waals surface area (Å²) in [4.78, 5) is 4.24. The monoisotopic (exact) mass is 238 g/mol. The Kier molecular flexibility index (Phi) is 5.31. The molecule has 0 aliphatic heterocycles. The SMILES string of the molecule is C=CC(C)(CNCCOC)Cc1ncnn1C. The molecule has 0 amide bonds. The third kappa shape index (κ3) is 4.28. The van der Waals surface area contributed by atoms with Crippen LogP contribution in [0.4, 0.5) is 0 Å². The molecule has 5 heteroatoms. The zero-order valence-corrected chi connectivity index (χ0v) is 10.9. The van der Waals surface area contributed by atoms with Crippen LogP contribution in [0, 0.1) is 5.41 Å². The van der Waals surface area contributed by atoms with E-state index in [0.29, 0.717) is 0 Å². The molecule has 0 radical (unpaired) electrons. The molecule has 0 fully saturated rings. The van der Waals surface area contributed by atoms with Crippen molar-refractivity contribution in [3.05, 3.63) is 24.8 Å². The highest BCUT2D eigenvalue weighted by atomic mass is 16.5. The molecule has 0 aliphatic carbocycles. The number of aryl methyl sites for hydroxylation is 1. The Bertz CT molecular complexity index is 350. The average Bonchev–Trinajstić information content (AvgIpc) is 2.71. The maximum Gasteiger partial charge on any atom is 0.138 e. The molecule has 1 atom stereocenters. The average molecular weight is 238 g/mol. The Morgan fingerprint density at radius 1 is 1.65 bits per heavy atom. The Balaban J connectivity index is 2.50. The van der Waals surface area contributed by atoms with Crippen molar-refractivity contribution in [2.75, 3.05) is 26.8 Å². The summed E-state index contributed by atoms with van der Waals surface area (Å²) in [6, 6.07) is 0. The van der Waals surface area contributed by atoms with Crippen molar-refractivity contribution in [2.45, 2.75) is 13.3 Å². The van der Waals surface area contributed by atoms with E-state index in [1.165, 1.54) is 0 Å². The van der Waals surface area contributed by atoms with E-state index in [1.54, 1.807) is 18.1 Å². The van der Waals surface area contributed by atoms with Gasteiger partial charge < -0.3 is 10.1 Å². The lowest BCUT2D eigenvalue weighted by Crippen LogP contribution is -2.34. The summed E-state index contributed by atoms with van der Waals surface area (Å²) in [6.45, 7) is 8.49. The lowest BCUT2D eigenvalue weighted by molar-refractivity contribution is 0.195. The fourth-order valence-corrected chi connectivity index (χ4v) is 1.60. The maximum atomic E-state index is 5.00. The fraction of sp³-hybridized carbons (Fsp3) is 0.667. The summed E-state index contributed by atoms with van der Waals surface area (Å²) < 4.78 is 6.80.